The number of carboxylic acid groups (broad SMARTS) is 1. The first-order valence-corrected chi connectivity index (χ1v) is 10.1. The SMILES string of the molecule is CCCC(=O)OC(C)OC(=O)C1=C(C)NC(C)=C(C(=O)[O-])C1c1cccc(Cl)c1Cl. The second-order valence-corrected chi connectivity index (χ2v) is 7.56. The predicted molar refractivity (Wildman–Crippen MR) is 109 cm³/mol. The van der Waals surface area contributed by atoms with E-state index < -0.39 is 30.1 Å². The van der Waals surface area contributed by atoms with Crippen molar-refractivity contribution in [3.8, 4) is 0 Å². The number of carbonyl (C=O) groups is 3. The smallest absolute Gasteiger partial charge is 0.339 e. The maximum absolute atomic E-state index is 13.0. The number of esters is 2. The van der Waals surface area contributed by atoms with Crippen molar-refractivity contribution in [2.24, 2.45) is 0 Å². The fraction of sp³-hybridized carbons (Fsp3) is 0.381. The van der Waals surface area contributed by atoms with Crippen molar-refractivity contribution < 1.29 is 29.0 Å². The van der Waals surface area contributed by atoms with Crippen LogP contribution >= 0.6 is 23.2 Å². The molecule has 2 atom stereocenters. The zero-order chi connectivity index (χ0) is 22.6. The maximum atomic E-state index is 13.0. The predicted octanol–water partition coefficient (Wildman–Crippen LogP) is 3.21. The van der Waals surface area contributed by atoms with E-state index in [0.29, 0.717) is 23.4 Å². The monoisotopic (exact) mass is 454 g/mol. The summed E-state index contributed by atoms with van der Waals surface area (Å²) in [6, 6.07) is 4.72. The largest absolute Gasteiger partial charge is 0.545 e. The normalized spacial score (nSPS) is 17.3. The van der Waals surface area contributed by atoms with E-state index in [2.05, 4.69) is 5.32 Å². The number of hydrogen-bond acceptors (Lipinski definition) is 7. The second kappa shape index (κ2) is 10.00. The van der Waals surface area contributed by atoms with Crippen LogP contribution in [0.2, 0.25) is 10.0 Å². The molecule has 1 N–H and O–H groups in total. The average molecular weight is 455 g/mol. The highest BCUT2D eigenvalue weighted by Crippen LogP contribution is 2.43. The van der Waals surface area contributed by atoms with Crippen molar-refractivity contribution in [1.82, 2.24) is 5.32 Å². The average Bonchev–Trinajstić information content (AvgIpc) is 2.62. The minimum absolute atomic E-state index is 0.00218. The number of dihydropyridines is 1. The lowest BCUT2D eigenvalue weighted by molar-refractivity contribution is -0.299. The van der Waals surface area contributed by atoms with Gasteiger partial charge in [0.2, 0.25) is 6.29 Å². The number of allylic oxidation sites excluding steroid dienone is 2. The first-order chi connectivity index (χ1) is 14.1. The Morgan fingerprint density at radius 1 is 1.13 bits per heavy atom. The summed E-state index contributed by atoms with van der Waals surface area (Å²) in [6.45, 7) is 6.37. The molecule has 162 valence electrons. The molecule has 1 heterocycles. The minimum atomic E-state index is -1.47. The molecule has 0 spiro atoms. The molecular weight excluding hydrogens is 433 g/mol. The van der Waals surface area contributed by atoms with Gasteiger partial charge in [-0.15, -0.1) is 0 Å². The summed E-state index contributed by atoms with van der Waals surface area (Å²) >= 11 is 12.5. The Hall–Kier alpha value is -2.51. The van der Waals surface area contributed by atoms with Crippen molar-refractivity contribution in [2.75, 3.05) is 0 Å². The minimum Gasteiger partial charge on any atom is -0.545 e. The van der Waals surface area contributed by atoms with E-state index >= 15 is 0 Å². The van der Waals surface area contributed by atoms with Crippen LogP contribution in [0.1, 0.15) is 52.0 Å². The number of nitrogens with one attached hydrogen (secondary N) is 1. The van der Waals surface area contributed by atoms with Gasteiger partial charge < -0.3 is 24.7 Å². The molecule has 1 aromatic rings. The molecule has 1 aliphatic rings. The van der Waals surface area contributed by atoms with Crippen LogP contribution in [-0.2, 0) is 23.9 Å². The van der Waals surface area contributed by atoms with Gasteiger partial charge in [0.25, 0.3) is 0 Å². The van der Waals surface area contributed by atoms with Gasteiger partial charge in [-0.2, -0.15) is 0 Å². The van der Waals surface area contributed by atoms with Crippen molar-refractivity contribution in [3.63, 3.8) is 0 Å². The van der Waals surface area contributed by atoms with Crippen LogP contribution in [0.5, 0.6) is 0 Å². The molecule has 0 bridgehead atoms. The van der Waals surface area contributed by atoms with Crippen molar-refractivity contribution in [3.05, 3.63) is 56.3 Å². The molecule has 0 saturated heterocycles. The van der Waals surface area contributed by atoms with E-state index in [9.17, 15) is 19.5 Å². The van der Waals surface area contributed by atoms with Crippen LogP contribution in [-0.4, -0.2) is 24.2 Å². The number of hydrogen-bond donors (Lipinski definition) is 1. The van der Waals surface area contributed by atoms with Gasteiger partial charge in [-0.25, -0.2) is 4.79 Å². The van der Waals surface area contributed by atoms with Crippen LogP contribution in [0, 0.1) is 0 Å². The lowest BCUT2D eigenvalue weighted by Crippen LogP contribution is -2.38. The van der Waals surface area contributed by atoms with Crippen LogP contribution in [0.25, 0.3) is 0 Å². The van der Waals surface area contributed by atoms with E-state index in [4.69, 9.17) is 32.7 Å². The highest BCUT2D eigenvalue weighted by atomic mass is 35.5. The van der Waals surface area contributed by atoms with Crippen LogP contribution in [0.4, 0.5) is 0 Å². The van der Waals surface area contributed by atoms with Gasteiger partial charge in [0.05, 0.1) is 21.6 Å². The number of benzene rings is 1. The van der Waals surface area contributed by atoms with E-state index in [1.807, 2.05) is 6.92 Å². The van der Waals surface area contributed by atoms with Crippen molar-refractivity contribution in [1.29, 1.82) is 0 Å². The molecule has 2 rings (SSSR count). The summed E-state index contributed by atoms with van der Waals surface area (Å²) in [5.74, 6) is -3.93. The van der Waals surface area contributed by atoms with Gasteiger partial charge in [-0.05, 0) is 31.9 Å². The topological polar surface area (TPSA) is 105 Å². The maximum Gasteiger partial charge on any atom is 0.339 e. The summed E-state index contributed by atoms with van der Waals surface area (Å²) < 4.78 is 10.3. The van der Waals surface area contributed by atoms with E-state index in [1.165, 1.54) is 6.92 Å². The molecule has 0 amide bonds. The molecule has 0 radical (unpaired) electrons. The highest BCUT2D eigenvalue weighted by molar-refractivity contribution is 6.42. The third-order valence-electron chi connectivity index (χ3n) is 4.52. The molecule has 1 aliphatic heterocycles. The zero-order valence-electron chi connectivity index (χ0n) is 17.0. The number of carbonyl (C=O) groups excluding carboxylic acids is 3. The Labute approximate surface area is 184 Å². The molecule has 30 heavy (non-hydrogen) atoms. The van der Waals surface area contributed by atoms with Crippen molar-refractivity contribution >= 4 is 41.1 Å². The standard InChI is InChI=1S/C21H23Cl2NO6/c1-5-7-15(25)29-12(4)30-21(28)17-11(3)24-10(2)16(20(26)27)18(17)13-8-6-9-14(22)19(13)23/h6,8-9,12,18,24H,5,7H2,1-4H3,(H,26,27)/p-1. The molecule has 0 saturated carbocycles. The summed E-state index contributed by atoms with van der Waals surface area (Å²) in [5, 5.41) is 15.1. The first-order valence-electron chi connectivity index (χ1n) is 9.32. The molecule has 0 fully saturated rings. The Kier molecular flexibility index (Phi) is 7.92. The zero-order valence-corrected chi connectivity index (χ0v) is 18.5. The fourth-order valence-corrected chi connectivity index (χ4v) is 3.69. The lowest BCUT2D eigenvalue weighted by Gasteiger charge is -2.33. The summed E-state index contributed by atoms with van der Waals surface area (Å²) in [4.78, 5) is 36.6. The summed E-state index contributed by atoms with van der Waals surface area (Å²) in [5.41, 5.74) is 0.809. The first kappa shape index (κ1) is 23.8. The third kappa shape index (κ3) is 5.15. The quantitative estimate of drug-likeness (QED) is 0.497. The van der Waals surface area contributed by atoms with Gasteiger partial charge in [-0.1, -0.05) is 42.3 Å². The number of carboxylic acids is 1. The van der Waals surface area contributed by atoms with E-state index in [1.54, 1.807) is 32.0 Å². The molecular formula is C21H22Cl2NO6-. The summed E-state index contributed by atoms with van der Waals surface area (Å²) in [7, 11) is 0. The third-order valence-corrected chi connectivity index (χ3v) is 5.35. The Morgan fingerprint density at radius 2 is 1.77 bits per heavy atom. The Morgan fingerprint density at radius 3 is 2.37 bits per heavy atom. The van der Waals surface area contributed by atoms with Gasteiger partial charge in [0.15, 0.2) is 0 Å². The second-order valence-electron chi connectivity index (χ2n) is 6.78. The Balaban J connectivity index is 2.48. The van der Waals surface area contributed by atoms with Crippen LogP contribution in [0.15, 0.2) is 40.7 Å². The van der Waals surface area contributed by atoms with Crippen molar-refractivity contribution in [2.45, 2.75) is 52.7 Å². The molecule has 7 nitrogen and oxygen atoms in total. The number of aliphatic carboxylic acids is 1. The van der Waals surface area contributed by atoms with E-state index in [0.717, 1.165) is 0 Å². The number of rotatable bonds is 7. The summed E-state index contributed by atoms with van der Waals surface area (Å²) in [6.07, 6.45) is -0.393. The molecule has 0 aliphatic carbocycles. The molecule has 2 unspecified atom stereocenters. The van der Waals surface area contributed by atoms with Gasteiger partial charge in [0, 0.05) is 36.2 Å². The Bertz CT molecular complexity index is 937. The van der Waals surface area contributed by atoms with Crippen LogP contribution in [0.3, 0.4) is 0 Å². The van der Waals surface area contributed by atoms with E-state index in [-0.39, 0.29) is 27.6 Å². The van der Waals surface area contributed by atoms with Crippen LogP contribution < -0.4 is 10.4 Å². The van der Waals surface area contributed by atoms with Gasteiger partial charge in [-0.3, -0.25) is 4.79 Å². The number of halogens is 2. The fourth-order valence-electron chi connectivity index (χ4n) is 3.28. The molecule has 0 aromatic heterocycles. The molecule has 1 aromatic carbocycles. The molecule has 9 heteroatoms. The number of ether oxygens (including phenoxy) is 2. The van der Waals surface area contributed by atoms with Gasteiger partial charge in [0.1, 0.15) is 0 Å². The lowest BCUT2D eigenvalue weighted by atomic mass is 9.80. The van der Waals surface area contributed by atoms with Gasteiger partial charge >= 0.3 is 11.9 Å². The highest BCUT2D eigenvalue weighted by Gasteiger charge is 2.36.